The molecule has 1 rings (SSSR count). The number of rotatable bonds is 4. The first-order chi connectivity index (χ1) is 7.70. The molecule has 0 heterocycles. The van der Waals surface area contributed by atoms with Crippen LogP contribution >= 0.6 is 0 Å². The minimum Gasteiger partial charge on any atom is -0.325 e. The normalized spacial score (nSPS) is 12.5. The zero-order valence-electron chi connectivity index (χ0n) is 12.2. The van der Waals surface area contributed by atoms with Crippen molar-refractivity contribution in [3.05, 3.63) is 34.9 Å². The van der Waals surface area contributed by atoms with Crippen LogP contribution in [0.3, 0.4) is 0 Å². The largest absolute Gasteiger partial charge is 0.325 e. The Morgan fingerprint density at radius 1 is 1.06 bits per heavy atom. The van der Waals surface area contributed by atoms with Gasteiger partial charge in [-0.2, -0.15) is 0 Å². The van der Waals surface area contributed by atoms with Crippen molar-refractivity contribution in [2.75, 3.05) is 0 Å². The Labute approximate surface area is 106 Å². The number of hydrogen-bond acceptors (Lipinski definition) is 1. The quantitative estimate of drug-likeness (QED) is 0.828. The fourth-order valence-corrected chi connectivity index (χ4v) is 2.19. The van der Waals surface area contributed by atoms with E-state index in [1.807, 2.05) is 0 Å². The molecule has 1 heteroatoms. The molecule has 0 unspecified atom stereocenters. The maximum absolute atomic E-state index is 6.16. The summed E-state index contributed by atoms with van der Waals surface area (Å²) >= 11 is 0. The van der Waals surface area contributed by atoms with Crippen molar-refractivity contribution in [1.82, 2.24) is 0 Å². The zero-order valence-corrected chi connectivity index (χ0v) is 12.2. The molecule has 0 radical (unpaired) electrons. The molecular formula is C16H27N. The molecule has 96 valence electrons. The molecular weight excluding hydrogens is 206 g/mol. The molecule has 0 aliphatic heterocycles. The van der Waals surface area contributed by atoms with E-state index >= 15 is 0 Å². The molecule has 0 saturated heterocycles. The van der Waals surface area contributed by atoms with Gasteiger partial charge in [-0.15, -0.1) is 0 Å². The first kappa shape index (κ1) is 14.2. The van der Waals surface area contributed by atoms with Gasteiger partial charge in [0, 0.05) is 5.54 Å². The Hall–Kier alpha value is -0.820. The highest BCUT2D eigenvalue weighted by atomic mass is 14.7. The zero-order chi connectivity index (χ0) is 13.2. The van der Waals surface area contributed by atoms with Gasteiger partial charge in [0.15, 0.2) is 0 Å². The molecule has 0 atom stereocenters. The van der Waals surface area contributed by atoms with Gasteiger partial charge in [0.05, 0.1) is 0 Å². The molecule has 0 fully saturated rings. The average molecular weight is 233 g/mol. The van der Waals surface area contributed by atoms with Crippen molar-refractivity contribution in [2.45, 2.75) is 65.3 Å². The summed E-state index contributed by atoms with van der Waals surface area (Å²) < 4.78 is 0. The van der Waals surface area contributed by atoms with Crippen LogP contribution in [0.4, 0.5) is 0 Å². The molecule has 2 N–H and O–H groups in total. The molecule has 1 aromatic carbocycles. The maximum Gasteiger partial charge on any atom is 0.0138 e. The van der Waals surface area contributed by atoms with Gasteiger partial charge in [-0.3, -0.25) is 0 Å². The Morgan fingerprint density at radius 3 is 2.06 bits per heavy atom. The third-order valence-corrected chi connectivity index (χ3v) is 3.10. The number of nitrogens with two attached hydrogens (primary N) is 1. The van der Waals surface area contributed by atoms with Crippen molar-refractivity contribution < 1.29 is 0 Å². The SMILES string of the molecule is CC(C)c1ccc(C(C)C)c(CC(C)(C)N)c1. The third kappa shape index (κ3) is 4.16. The van der Waals surface area contributed by atoms with Crippen LogP contribution in [-0.2, 0) is 6.42 Å². The first-order valence-electron chi connectivity index (χ1n) is 6.62. The summed E-state index contributed by atoms with van der Waals surface area (Å²) in [5.74, 6) is 1.14. The molecule has 0 aliphatic rings. The van der Waals surface area contributed by atoms with Gasteiger partial charge in [0.2, 0.25) is 0 Å². The van der Waals surface area contributed by atoms with E-state index in [9.17, 15) is 0 Å². The molecule has 0 spiro atoms. The van der Waals surface area contributed by atoms with Crippen LogP contribution in [0, 0.1) is 0 Å². The van der Waals surface area contributed by atoms with Crippen molar-refractivity contribution in [2.24, 2.45) is 5.73 Å². The van der Waals surface area contributed by atoms with Crippen LogP contribution in [0.2, 0.25) is 0 Å². The standard InChI is InChI=1S/C16H27N/c1-11(2)13-7-8-15(12(3)4)14(9-13)10-16(5,6)17/h7-9,11-12H,10,17H2,1-6H3. The highest BCUT2D eigenvalue weighted by molar-refractivity contribution is 5.36. The molecule has 0 aromatic heterocycles. The van der Waals surface area contributed by atoms with Gasteiger partial charge >= 0.3 is 0 Å². The van der Waals surface area contributed by atoms with Crippen molar-refractivity contribution in [1.29, 1.82) is 0 Å². The minimum absolute atomic E-state index is 0.140. The lowest BCUT2D eigenvalue weighted by molar-refractivity contribution is 0.513. The highest BCUT2D eigenvalue weighted by Crippen LogP contribution is 2.26. The van der Waals surface area contributed by atoms with Crippen LogP contribution in [0.15, 0.2) is 18.2 Å². The molecule has 0 aliphatic carbocycles. The first-order valence-corrected chi connectivity index (χ1v) is 6.62. The van der Waals surface area contributed by atoms with Crippen molar-refractivity contribution >= 4 is 0 Å². The summed E-state index contributed by atoms with van der Waals surface area (Å²) in [5, 5.41) is 0. The molecule has 1 aromatic rings. The minimum atomic E-state index is -0.140. The van der Waals surface area contributed by atoms with Gasteiger partial charge in [0.25, 0.3) is 0 Å². The smallest absolute Gasteiger partial charge is 0.0138 e. The average Bonchev–Trinajstić information content (AvgIpc) is 2.14. The molecule has 1 nitrogen and oxygen atoms in total. The number of hydrogen-bond donors (Lipinski definition) is 1. The molecule has 0 amide bonds. The second-order valence-electron chi connectivity index (χ2n) is 6.43. The van der Waals surface area contributed by atoms with E-state index in [1.54, 1.807) is 0 Å². The summed E-state index contributed by atoms with van der Waals surface area (Å²) in [7, 11) is 0. The highest BCUT2D eigenvalue weighted by Gasteiger charge is 2.16. The van der Waals surface area contributed by atoms with Crippen LogP contribution in [0.5, 0.6) is 0 Å². The Kier molecular flexibility index (Phi) is 4.37. The summed E-state index contributed by atoms with van der Waals surface area (Å²) in [4.78, 5) is 0. The van der Waals surface area contributed by atoms with Crippen LogP contribution in [0.25, 0.3) is 0 Å². The lowest BCUT2D eigenvalue weighted by atomic mass is 9.86. The second kappa shape index (κ2) is 5.22. The van der Waals surface area contributed by atoms with E-state index < -0.39 is 0 Å². The topological polar surface area (TPSA) is 26.0 Å². The van der Waals surface area contributed by atoms with E-state index in [0.717, 1.165) is 6.42 Å². The molecule has 17 heavy (non-hydrogen) atoms. The van der Waals surface area contributed by atoms with E-state index in [1.165, 1.54) is 16.7 Å². The van der Waals surface area contributed by atoms with E-state index in [4.69, 9.17) is 5.73 Å². The fourth-order valence-electron chi connectivity index (χ4n) is 2.19. The monoisotopic (exact) mass is 233 g/mol. The van der Waals surface area contributed by atoms with Crippen molar-refractivity contribution in [3.63, 3.8) is 0 Å². The summed E-state index contributed by atoms with van der Waals surface area (Å²) in [5.41, 5.74) is 10.3. The number of benzene rings is 1. The van der Waals surface area contributed by atoms with Gasteiger partial charge in [0.1, 0.15) is 0 Å². The Bertz CT molecular complexity index is 370. The van der Waals surface area contributed by atoms with Gasteiger partial charge < -0.3 is 5.73 Å². The van der Waals surface area contributed by atoms with Gasteiger partial charge in [-0.05, 0) is 48.8 Å². The Morgan fingerprint density at radius 2 is 1.65 bits per heavy atom. The summed E-state index contributed by atoms with van der Waals surface area (Å²) in [6, 6.07) is 6.88. The maximum atomic E-state index is 6.16. The van der Waals surface area contributed by atoms with Crippen LogP contribution in [-0.4, -0.2) is 5.54 Å². The predicted octanol–water partition coefficient (Wildman–Crippen LogP) is 4.21. The lowest BCUT2D eigenvalue weighted by Gasteiger charge is -2.23. The van der Waals surface area contributed by atoms with E-state index in [0.29, 0.717) is 11.8 Å². The second-order valence-corrected chi connectivity index (χ2v) is 6.43. The molecule has 0 saturated carbocycles. The van der Waals surface area contributed by atoms with E-state index in [2.05, 4.69) is 59.7 Å². The van der Waals surface area contributed by atoms with Crippen molar-refractivity contribution in [3.8, 4) is 0 Å². The van der Waals surface area contributed by atoms with Gasteiger partial charge in [-0.25, -0.2) is 0 Å². The van der Waals surface area contributed by atoms with Gasteiger partial charge in [-0.1, -0.05) is 45.9 Å². The van der Waals surface area contributed by atoms with E-state index in [-0.39, 0.29) is 5.54 Å². The summed E-state index contributed by atoms with van der Waals surface area (Å²) in [6.07, 6.45) is 0.946. The Balaban J connectivity index is 3.16. The van der Waals surface area contributed by atoms with Crippen LogP contribution < -0.4 is 5.73 Å². The molecule has 0 bridgehead atoms. The van der Waals surface area contributed by atoms with Crippen LogP contribution in [0.1, 0.15) is 70.1 Å². The third-order valence-electron chi connectivity index (χ3n) is 3.10. The fraction of sp³-hybridized carbons (Fsp3) is 0.625. The predicted molar refractivity (Wildman–Crippen MR) is 76.6 cm³/mol. The lowest BCUT2D eigenvalue weighted by Crippen LogP contribution is -2.34. The summed E-state index contributed by atoms with van der Waals surface area (Å²) in [6.45, 7) is 13.2.